The maximum Gasteiger partial charge on any atom is 0.228 e. The number of carbonyl (C=O) groups is 1. The van der Waals surface area contributed by atoms with E-state index in [1.807, 2.05) is 24.3 Å². The highest BCUT2D eigenvalue weighted by Gasteiger charge is 2.32. The van der Waals surface area contributed by atoms with Crippen molar-refractivity contribution in [3.8, 4) is 0 Å². The molecular formula is C22H26Cl2N2O3S. The second-order valence-electron chi connectivity index (χ2n) is 7.96. The van der Waals surface area contributed by atoms with E-state index in [0.29, 0.717) is 40.9 Å². The van der Waals surface area contributed by atoms with Crippen molar-refractivity contribution >= 4 is 44.8 Å². The Morgan fingerprint density at radius 2 is 1.87 bits per heavy atom. The molecule has 5 nitrogen and oxygen atoms in total. The Morgan fingerprint density at radius 1 is 1.17 bits per heavy atom. The van der Waals surface area contributed by atoms with Gasteiger partial charge in [-0.05, 0) is 54.2 Å². The molecule has 2 aromatic rings. The predicted octanol–water partition coefficient (Wildman–Crippen LogP) is 5.30. The van der Waals surface area contributed by atoms with Crippen molar-refractivity contribution in [3.05, 3.63) is 63.6 Å². The highest BCUT2D eigenvalue weighted by Crippen LogP contribution is 2.27. The second kappa shape index (κ2) is 9.69. The van der Waals surface area contributed by atoms with Crippen LogP contribution in [0.25, 0.3) is 0 Å². The summed E-state index contributed by atoms with van der Waals surface area (Å²) in [5, 5.41) is 3.70. The molecule has 0 saturated carbocycles. The average molecular weight is 469 g/mol. The van der Waals surface area contributed by atoms with Crippen molar-refractivity contribution < 1.29 is 13.2 Å². The van der Waals surface area contributed by atoms with E-state index in [0.717, 1.165) is 5.69 Å². The van der Waals surface area contributed by atoms with Crippen molar-refractivity contribution in [2.75, 3.05) is 18.4 Å². The lowest BCUT2D eigenvalue weighted by molar-refractivity contribution is -0.120. The SMILES string of the molecule is CC(C)c1ccc(NC(=O)C2CCCN(S(=O)(=O)Cc3ccc(Cl)cc3Cl)C2)cc1. The first-order chi connectivity index (χ1) is 14.2. The molecule has 0 aliphatic carbocycles. The molecule has 0 spiro atoms. The Bertz CT molecular complexity index is 1010. The van der Waals surface area contributed by atoms with Gasteiger partial charge < -0.3 is 5.32 Å². The van der Waals surface area contributed by atoms with E-state index in [9.17, 15) is 13.2 Å². The van der Waals surface area contributed by atoms with Gasteiger partial charge in [0.2, 0.25) is 15.9 Å². The second-order valence-corrected chi connectivity index (χ2v) is 10.8. The van der Waals surface area contributed by atoms with Gasteiger partial charge in [0.25, 0.3) is 0 Å². The highest BCUT2D eigenvalue weighted by molar-refractivity contribution is 7.88. The number of hydrogen-bond acceptors (Lipinski definition) is 3. The van der Waals surface area contributed by atoms with Gasteiger partial charge in [0.15, 0.2) is 0 Å². The maximum atomic E-state index is 12.9. The van der Waals surface area contributed by atoms with Gasteiger partial charge in [-0.3, -0.25) is 4.79 Å². The number of amides is 1. The zero-order valence-corrected chi connectivity index (χ0v) is 19.4. The third kappa shape index (κ3) is 5.76. The molecule has 1 N–H and O–H groups in total. The lowest BCUT2D eigenvalue weighted by Gasteiger charge is -2.31. The molecule has 1 heterocycles. The van der Waals surface area contributed by atoms with Crippen molar-refractivity contribution in [2.24, 2.45) is 5.92 Å². The molecule has 30 heavy (non-hydrogen) atoms. The minimum atomic E-state index is -3.60. The molecule has 1 fully saturated rings. The van der Waals surface area contributed by atoms with Crippen LogP contribution < -0.4 is 5.32 Å². The normalized spacial score (nSPS) is 17.8. The Labute approximate surface area is 188 Å². The van der Waals surface area contributed by atoms with Crippen LogP contribution in [-0.4, -0.2) is 31.7 Å². The number of carbonyl (C=O) groups excluding carboxylic acids is 1. The first kappa shape index (κ1) is 23.1. The lowest BCUT2D eigenvalue weighted by Crippen LogP contribution is -2.44. The van der Waals surface area contributed by atoms with Crippen molar-refractivity contribution in [1.82, 2.24) is 4.31 Å². The van der Waals surface area contributed by atoms with Gasteiger partial charge in [-0.25, -0.2) is 12.7 Å². The molecule has 1 saturated heterocycles. The summed E-state index contributed by atoms with van der Waals surface area (Å²) in [4.78, 5) is 12.7. The molecule has 0 bridgehead atoms. The van der Waals surface area contributed by atoms with Crippen LogP contribution in [0.15, 0.2) is 42.5 Å². The van der Waals surface area contributed by atoms with Gasteiger partial charge >= 0.3 is 0 Å². The summed E-state index contributed by atoms with van der Waals surface area (Å²) in [6, 6.07) is 12.5. The van der Waals surface area contributed by atoms with Crippen LogP contribution in [0.3, 0.4) is 0 Å². The number of anilines is 1. The average Bonchev–Trinajstić information content (AvgIpc) is 2.70. The quantitative estimate of drug-likeness (QED) is 0.625. The van der Waals surface area contributed by atoms with Crippen LogP contribution in [0.1, 0.15) is 43.7 Å². The van der Waals surface area contributed by atoms with Crippen LogP contribution in [0.4, 0.5) is 5.69 Å². The van der Waals surface area contributed by atoms with E-state index >= 15 is 0 Å². The van der Waals surface area contributed by atoms with E-state index < -0.39 is 10.0 Å². The van der Waals surface area contributed by atoms with E-state index in [4.69, 9.17) is 23.2 Å². The summed E-state index contributed by atoms with van der Waals surface area (Å²) < 4.78 is 27.2. The molecule has 3 rings (SSSR count). The Balaban J connectivity index is 1.65. The summed E-state index contributed by atoms with van der Waals surface area (Å²) >= 11 is 12.0. The number of rotatable bonds is 6. The molecule has 8 heteroatoms. The summed E-state index contributed by atoms with van der Waals surface area (Å²) in [7, 11) is -3.60. The molecule has 1 aliphatic heterocycles. The van der Waals surface area contributed by atoms with Crippen LogP contribution in [0.2, 0.25) is 10.0 Å². The number of sulfonamides is 1. The Kier molecular flexibility index (Phi) is 7.45. The van der Waals surface area contributed by atoms with E-state index in [2.05, 4.69) is 19.2 Å². The summed E-state index contributed by atoms with van der Waals surface area (Å²) in [5.41, 5.74) is 2.42. The molecule has 2 aromatic carbocycles. The summed E-state index contributed by atoms with van der Waals surface area (Å²) in [6.07, 6.45) is 1.29. The minimum Gasteiger partial charge on any atom is -0.326 e. The Hall–Kier alpha value is -1.60. The van der Waals surface area contributed by atoms with E-state index in [1.165, 1.54) is 15.9 Å². The third-order valence-corrected chi connectivity index (χ3v) is 7.73. The van der Waals surface area contributed by atoms with Crippen LogP contribution >= 0.6 is 23.2 Å². The van der Waals surface area contributed by atoms with E-state index in [-0.39, 0.29) is 24.1 Å². The number of piperidine rings is 1. The number of nitrogens with one attached hydrogen (secondary N) is 1. The molecular weight excluding hydrogens is 443 g/mol. The number of nitrogens with zero attached hydrogens (tertiary/aromatic N) is 1. The molecule has 0 aromatic heterocycles. The standard InChI is InChI=1S/C22H26Cl2N2O3S/c1-15(2)16-6-9-20(10-7-16)25-22(27)17-4-3-11-26(13-17)30(28,29)14-18-5-8-19(23)12-21(18)24/h5-10,12,15,17H,3-4,11,13-14H2,1-2H3,(H,25,27). The van der Waals surface area contributed by atoms with Gasteiger partial charge in [-0.2, -0.15) is 0 Å². The molecule has 1 aliphatic rings. The van der Waals surface area contributed by atoms with Gasteiger partial charge in [-0.15, -0.1) is 0 Å². The zero-order chi connectivity index (χ0) is 21.9. The fourth-order valence-electron chi connectivity index (χ4n) is 3.53. The number of halogens is 2. The smallest absolute Gasteiger partial charge is 0.228 e. The zero-order valence-electron chi connectivity index (χ0n) is 17.1. The fraction of sp³-hybridized carbons (Fsp3) is 0.409. The lowest BCUT2D eigenvalue weighted by atomic mass is 9.98. The van der Waals surface area contributed by atoms with Gasteiger partial charge in [0, 0.05) is 28.8 Å². The molecule has 0 radical (unpaired) electrons. The van der Waals surface area contributed by atoms with Crippen molar-refractivity contribution in [3.63, 3.8) is 0 Å². The summed E-state index contributed by atoms with van der Waals surface area (Å²) in [6.45, 7) is 4.80. The molecule has 162 valence electrons. The summed E-state index contributed by atoms with van der Waals surface area (Å²) in [5.74, 6) is -0.342. The van der Waals surface area contributed by atoms with E-state index in [1.54, 1.807) is 12.1 Å². The first-order valence-electron chi connectivity index (χ1n) is 9.98. The predicted molar refractivity (Wildman–Crippen MR) is 123 cm³/mol. The topological polar surface area (TPSA) is 66.5 Å². The highest BCUT2D eigenvalue weighted by atomic mass is 35.5. The van der Waals surface area contributed by atoms with Gasteiger partial charge in [0.1, 0.15) is 0 Å². The Morgan fingerprint density at radius 3 is 2.50 bits per heavy atom. The van der Waals surface area contributed by atoms with Gasteiger partial charge in [-0.1, -0.05) is 55.2 Å². The fourth-order valence-corrected chi connectivity index (χ4v) is 5.73. The molecule has 1 atom stereocenters. The van der Waals surface area contributed by atoms with Crippen LogP contribution in [-0.2, 0) is 20.6 Å². The maximum absolute atomic E-state index is 12.9. The monoisotopic (exact) mass is 468 g/mol. The first-order valence-corrected chi connectivity index (χ1v) is 12.3. The largest absolute Gasteiger partial charge is 0.326 e. The van der Waals surface area contributed by atoms with Crippen molar-refractivity contribution in [1.29, 1.82) is 0 Å². The van der Waals surface area contributed by atoms with Crippen LogP contribution in [0.5, 0.6) is 0 Å². The minimum absolute atomic E-state index is 0.156. The van der Waals surface area contributed by atoms with Gasteiger partial charge in [0.05, 0.1) is 11.7 Å². The number of benzene rings is 2. The number of hydrogen-bond donors (Lipinski definition) is 1. The van der Waals surface area contributed by atoms with Crippen molar-refractivity contribution in [2.45, 2.75) is 38.4 Å². The van der Waals surface area contributed by atoms with Crippen LogP contribution in [0, 0.1) is 5.92 Å². The third-order valence-electron chi connectivity index (χ3n) is 5.35. The molecule has 1 unspecified atom stereocenters. The molecule has 1 amide bonds.